The van der Waals surface area contributed by atoms with Crippen LogP contribution >= 0.6 is 0 Å². The van der Waals surface area contributed by atoms with E-state index in [0.717, 1.165) is 18.6 Å². The van der Waals surface area contributed by atoms with Crippen LogP contribution in [0.2, 0.25) is 0 Å². The summed E-state index contributed by atoms with van der Waals surface area (Å²) in [6.45, 7) is -0.0611. The normalized spacial score (nSPS) is 13.6. The Labute approximate surface area is 153 Å². The highest BCUT2D eigenvalue weighted by atomic mass is 19.1. The molecule has 0 atom stereocenters. The molecule has 1 N–H and O–H groups in total. The van der Waals surface area contributed by atoms with Crippen molar-refractivity contribution in [2.45, 2.75) is 12.8 Å². The van der Waals surface area contributed by atoms with Crippen molar-refractivity contribution < 1.29 is 27.9 Å². The molecule has 6 nitrogen and oxygen atoms in total. The van der Waals surface area contributed by atoms with Gasteiger partial charge in [-0.05, 0) is 42.8 Å². The molecule has 2 aromatic rings. The topological polar surface area (TPSA) is 75.7 Å². The average molecular weight is 374 g/mol. The Morgan fingerprint density at radius 1 is 1.07 bits per heavy atom. The van der Waals surface area contributed by atoms with Gasteiger partial charge in [0.25, 0.3) is 5.91 Å². The van der Waals surface area contributed by atoms with Gasteiger partial charge in [-0.25, -0.2) is 13.6 Å². The fourth-order valence-electron chi connectivity index (χ4n) is 2.71. The van der Waals surface area contributed by atoms with Gasteiger partial charge < -0.3 is 15.0 Å². The van der Waals surface area contributed by atoms with Gasteiger partial charge in [-0.3, -0.25) is 9.59 Å². The number of para-hydroxylation sites is 1. The van der Waals surface area contributed by atoms with E-state index < -0.39 is 35.8 Å². The second-order valence-electron chi connectivity index (χ2n) is 5.92. The molecule has 1 heterocycles. The Hall–Kier alpha value is -3.29. The minimum Gasteiger partial charge on any atom is -0.452 e. The number of benzene rings is 2. The summed E-state index contributed by atoms with van der Waals surface area (Å²) in [5, 5.41) is 2.03. The van der Waals surface area contributed by atoms with Crippen molar-refractivity contribution in [1.82, 2.24) is 0 Å². The maximum absolute atomic E-state index is 13.5. The molecule has 3 rings (SSSR count). The quantitative estimate of drug-likeness (QED) is 0.817. The second-order valence-corrected chi connectivity index (χ2v) is 5.92. The number of hydrogen-bond donors (Lipinski definition) is 1. The molecule has 0 saturated carbocycles. The number of ether oxygens (including phenoxy) is 1. The van der Waals surface area contributed by atoms with Crippen LogP contribution in [0, 0.1) is 11.6 Å². The first-order chi connectivity index (χ1) is 13.0. The zero-order valence-corrected chi connectivity index (χ0v) is 14.2. The molecule has 27 heavy (non-hydrogen) atoms. The smallest absolute Gasteiger partial charge is 0.338 e. The van der Waals surface area contributed by atoms with E-state index in [9.17, 15) is 23.2 Å². The molecule has 0 spiro atoms. The lowest BCUT2D eigenvalue weighted by Gasteiger charge is -2.15. The molecule has 1 aliphatic heterocycles. The average Bonchev–Trinajstić information content (AvgIpc) is 3.09. The van der Waals surface area contributed by atoms with Gasteiger partial charge in [-0.2, -0.15) is 0 Å². The first kappa shape index (κ1) is 18.5. The first-order valence-electron chi connectivity index (χ1n) is 8.27. The number of esters is 1. The number of carbonyl (C=O) groups is 3. The number of halogens is 2. The zero-order chi connectivity index (χ0) is 19.4. The Morgan fingerprint density at radius 3 is 2.33 bits per heavy atom. The highest BCUT2D eigenvalue weighted by Gasteiger charge is 2.22. The van der Waals surface area contributed by atoms with Crippen molar-refractivity contribution in [3.63, 3.8) is 0 Å². The van der Waals surface area contributed by atoms with Gasteiger partial charge in [0.05, 0.1) is 5.56 Å². The van der Waals surface area contributed by atoms with Gasteiger partial charge in [0.1, 0.15) is 17.3 Å². The fraction of sp³-hybridized carbons (Fsp3) is 0.211. The molecule has 1 fully saturated rings. The van der Waals surface area contributed by atoms with Crippen molar-refractivity contribution >= 4 is 29.2 Å². The van der Waals surface area contributed by atoms with Crippen LogP contribution in [0.1, 0.15) is 23.2 Å². The summed E-state index contributed by atoms with van der Waals surface area (Å²) in [4.78, 5) is 37.1. The lowest BCUT2D eigenvalue weighted by atomic mass is 10.2. The van der Waals surface area contributed by atoms with Crippen LogP contribution in [0.3, 0.4) is 0 Å². The third kappa shape index (κ3) is 4.28. The Kier molecular flexibility index (Phi) is 5.44. The van der Waals surface area contributed by atoms with Gasteiger partial charge in [0.15, 0.2) is 6.61 Å². The minimum atomic E-state index is -0.929. The summed E-state index contributed by atoms with van der Waals surface area (Å²) in [6, 6.07) is 9.37. The highest BCUT2D eigenvalue weighted by Crippen LogP contribution is 2.22. The van der Waals surface area contributed by atoms with Gasteiger partial charge in [-0.15, -0.1) is 0 Å². The standard InChI is InChI=1S/C19H16F2N2O4/c20-14-3-1-4-15(21)18(14)22-16(24)11-27-19(26)12-6-8-13(9-7-12)23-10-2-5-17(23)25/h1,3-4,6-9H,2,5,10-11H2,(H,22,24). The van der Waals surface area contributed by atoms with E-state index >= 15 is 0 Å². The van der Waals surface area contributed by atoms with E-state index in [1.165, 1.54) is 18.2 Å². The van der Waals surface area contributed by atoms with Crippen molar-refractivity contribution in [3.05, 3.63) is 59.7 Å². The number of carbonyl (C=O) groups excluding carboxylic acids is 3. The van der Waals surface area contributed by atoms with Crippen molar-refractivity contribution in [1.29, 1.82) is 0 Å². The van der Waals surface area contributed by atoms with E-state index in [2.05, 4.69) is 0 Å². The molecule has 0 bridgehead atoms. The molecular formula is C19H16F2N2O4. The van der Waals surface area contributed by atoms with Crippen LogP contribution < -0.4 is 10.2 Å². The largest absolute Gasteiger partial charge is 0.452 e. The van der Waals surface area contributed by atoms with E-state index in [-0.39, 0.29) is 11.5 Å². The summed E-state index contributed by atoms with van der Waals surface area (Å²) in [5.74, 6) is -3.46. The number of nitrogens with one attached hydrogen (secondary N) is 1. The Morgan fingerprint density at radius 2 is 1.74 bits per heavy atom. The molecule has 0 radical (unpaired) electrons. The van der Waals surface area contributed by atoms with Crippen LogP contribution in [0.25, 0.3) is 0 Å². The van der Waals surface area contributed by atoms with Crippen LogP contribution in [0.15, 0.2) is 42.5 Å². The lowest BCUT2D eigenvalue weighted by Crippen LogP contribution is -2.24. The van der Waals surface area contributed by atoms with Crippen LogP contribution in [0.5, 0.6) is 0 Å². The Balaban J connectivity index is 1.56. The number of hydrogen-bond acceptors (Lipinski definition) is 4. The molecule has 2 aromatic carbocycles. The Bertz CT molecular complexity index is 864. The summed E-state index contributed by atoms with van der Waals surface area (Å²) < 4.78 is 31.8. The maximum Gasteiger partial charge on any atom is 0.338 e. The van der Waals surface area contributed by atoms with Crippen molar-refractivity contribution in [2.24, 2.45) is 0 Å². The summed E-state index contributed by atoms with van der Waals surface area (Å²) >= 11 is 0. The molecule has 1 saturated heterocycles. The van der Waals surface area contributed by atoms with Crippen LogP contribution in [0.4, 0.5) is 20.2 Å². The minimum absolute atomic E-state index is 0.0300. The van der Waals surface area contributed by atoms with E-state index in [1.54, 1.807) is 17.0 Å². The highest BCUT2D eigenvalue weighted by molar-refractivity contribution is 5.97. The molecule has 0 unspecified atom stereocenters. The third-order valence-corrected chi connectivity index (χ3v) is 4.05. The summed E-state index contributed by atoms with van der Waals surface area (Å²) in [6.07, 6.45) is 1.29. The predicted octanol–water partition coefficient (Wildman–Crippen LogP) is 2.89. The molecule has 140 valence electrons. The van der Waals surface area contributed by atoms with E-state index in [0.29, 0.717) is 18.7 Å². The third-order valence-electron chi connectivity index (χ3n) is 4.05. The SMILES string of the molecule is O=C(COC(=O)c1ccc(N2CCCC2=O)cc1)Nc1c(F)cccc1F. The molecule has 0 aromatic heterocycles. The molecule has 1 aliphatic rings. The monoisotopic (exact) mass is 374 g/mol. The summed E-state index contributed by atoms with van der Waals surface area (Å²) in [7, 11) is 0. The van der Waals surface area contributed by atoms with Crippen molar-refractivity contribution in [3.8, 4) is 0 Å². The predicted molar refractivity (Wildman–Crippen MR) is 93.3 cm³/mol. The van der Waals surface area contributed by atoms with Crippen molar-refractivity contribution in [2.75, 3.05) is 23.4 Å². The molecule has 2 amide bonds. The van der Waals surface area contributed by atoms with E-state index in [1.807, 2.05) is 5.32 Å². The summed E-state index contributed by atoms with van der Waals surface area (Å²) in [5.41, 5.74) is 0.273. The van der Waals surface area contributed by atoms with Gasteiger partial charge in [-0.1, -0.05) is 6.07 Å². The molecule has 0 aliphatic carbocycles. The van der Waals surface area contributed by atoms with E-state index in [4.69, 9.17) is 4.74 Å². The van der Waals surface area contributed by atoms with Gasteiger partial charge in [0.2, 0.25) is 5.91 Å². The molecular weight excluding hydrogens is 358 g/mol. The van der Waals surface area contributed by atoms with Crippen LogP contribution in [-0.2, 0) is 14.3 Å². The second kappa shape index (κ2) is 7.94. The maximum atomic E-state index is 13.5. The lowest BCUT2D eigenvalue weighted by molar-refractivity contribution is -0.119. The van der Waals surface area contributed by atoms with Crippen LogP contribution in [-0.4, -0.2) is 30.9 Å². The number of amides is 2. The number of nitrogens with zero attached hydrogens (tertiary/aromatic N) is 1. The number of anilines is 2. The molecule has 8 heteroatoms. The fourth-order valence-corrected chi connectivity index (χ4v) is 2.71. The van der Waals surface area contributed by atoms with Gasteiger partial charge in [0, 0.05) is 18.7 Å². The van der Waals surface area contributed by atoms with Gasteiger partial charge >= 0.3 is 5.97 Å². The number of rotatable bonds is 5. The first-order valence-corrected chi connectivity index (χ1v) is 8.27. The zero-order valence-electron chi connectivity index (χ0n) is 14.2.